The Kier molecular flexibility index (Phi) is 3.03. The molecule has 1 rings (SSSR count). The molecule has 2 nitrogen and oxygen atoms in total. The number of rotatable bonds is 2. The highest BCUT2D eigenvalue weighted by Crippen LogP contribution is 2.36. The van der Waals surface area contributed by atoms with Crippen LogP contribution in [-0.2, 0) is 0 Å². The van der Waals surface area contributed by atoms with Crippen molar-refractivity contribution in [2.75, 3.05) is 6.54 Å². The first kappa shape index (κ1) is 11.0. The Morgan fingerprint density at radius 1 is 1.08 bits per heavy atom. The normalized spacial score (nSPS) is 27.5. The van der Waals surface area contributed by atoms with E-state index in [1.165, 1.54) is 19.3 Å². The van der Waals surface area contributed by atoms with Crippen LogP contribution in [0.4, 0.5) is 0 Å². The first-order valence-corrected chi connectivity index (χ1v) is 5.44. The molecule has 0 aliphatic carbocycles. The average Bonchev–Trinajstić information content (AvgIpc) is 1.96. The molecule has 78 valence electrons. The third-order valence-corrected chi connectivity index (χ3v) is 3.10. The standard InChI is InChI=1S/C11H24N2/c1-6-12-13-10(2,3)8-7-9-11(13,4)5/h12H,6-9H2,1-5H3. The Bertz CT molecular complexity index is 157. The Morgan fingerprint density at radius 2 is 1.54 bits per heavy atom. The molecule has 1 heterocycles. The van der Waals surface area contributed by atoms with Crippen molar-refractivity contribution in [1.29, 1.82) is 0 Å². The minimum absolute atomic E-state index is 0.303. The average molecular weight is 184 g/mol. The summed E-state index contributed by atoms with van der Waals surface area (Å²) in [7, 11) is 0. The van der Waals surface area contributed by atoms with Crippen LogP contribution in [0.25, 0.3) is 0 Å². The molecule has 0 radical (unpaired) electrons. The highest BCUT2D eigenvalue weighted by Gasteiger charge is 2.40. The lowest BCUT2D eigenvalue weighted by Crippen LogP contribution is -2.64. The molecule has 0 atom stereocenters. The van der Waals surface area contributed by atoms with Crippen LogP contribution < -0.4 is 5.43 Å². The van der Waals surface area contributed by atoms with Crippen molar-refractivity contribution >= 4 is 0 Å². The summed E-state index contributed by atoms with van der Waals surface area (Å²) in [5, 5.41) is 2.45. The van der Waals surface area contributed by atoms with E-state index in [1.807, 2.05) is 0 Å². The summed E-state index contributed by atoms with van der Waals surface area (Å²) >= 11 is 0. The van der Waals surface area contributed by atoms with Crippen LogP contribution in [0.3, 0.4) is 0 Å². The number of nitrogens with one attached hydrogen (secondary N) is 1. The van der Waals surface area contributed by atoms with Crippen molar-refractivity contribution < 1.29 is 0 Å². The van der Waals surface area contributed by atoms with Crippen molar-refractivity contribution in [3.8, 4) is 0 Å². The number of hydrazine groups is 1. The third-order valence-electron chi connectivity index (χ3n) is 3.10. The molecule has 0 saturated carbocycles. The van der Waals surface area contributed by atoms with Gasteiger partial charge in [0.2, 0.25) is 0 Å². The highest BCUT2D eigenvalue weighted by molar-refractivity contribution is 4.94. The van der Waals surface area contributed by atoms with Crippen molar-refractivity contribution in [3.63, 3.8) is 0 Å². The fourth-order valence-corrected chi connectivity index (χ4v) is 2.58. The molecule has 0 aromatic rings. The van der Waals surface area contributed by atoms with Gasteiger partial charge in [-0.1, -0.05) is 6.92 Å². The van der Waals surface area contributed by atoms with Gasteiger partial charge in [-0.15, -0.1) is 0 Å². The van der Waals surface area contributed by atoms with Crippen molar-refractivity contribution in [2.24, 2.45) is 0 Å². The van der Waals surface area contributed by atoms with Crippen LogP contribution in [0.5, 0.6) is 0 Å². The van der Waals surface area contributed by atoms with E-state index in [0.29, 0.717) is 11.1 Å². The second kappa shape index (κ2) is 3.58. The van der Waals surface area contributed by atoms with Crippen LogP contribution in [-0.4, -0.2) is 22.6 Å². The summed E-state index contributed by atoms with van der Waals surface area (Å²) in [6.45, 7) is 12.5. The van der Waals surface area contributed by atoms with Crippen LogP contribution in [0.1, 0.15) is 53.9 Å². The van der Waals surface area contributed by atoms with E-state index < -0.39 is 0 Å². The molecule has 0 aromatic heterocycles. The first-order chi connectivity index (χ1) is 5.90. The third kappa shape index (κ3) is 2.23. The molecule has 0 unspecified atom stereocenters. The molecule has 1 N–H and O–H groups in total. The van der Waals surface area contributed by atoms with Gasteiger partial charge in [0.15, 0.2) is 0 Å². The quantitative estimate of drug-likeness (QED) is 0.709. The van der Waals surface area contributed by atoms with Gasteiger partial charge in [0.05, 0.1) is 0 Å². The monoisotopic (exact) mass is 184 g/mol. The molecule has 0 spiro atoms. The molecule has 1 aliphatic rings. The Hall–Kier alpha value is -0.0800. The summed E-state index contributed by atoms with van der Waals surface area (Å²) in [5.74, 6) is 0. The van der Waals surface area contributed by atoms with Gasteiger partial charge in [-0.3, -0.25) is 5.43 Å². The second-order valence-corrected chi connectivity index (χ2v) is 5.33. The van der Waals surface area contributed by atoms with Crippen molar-refractivity contribution in [1.82, 2.24) is 10.4 Å². The molecule has 2 heteroatoms. The number of piperidine rings is 1. The van der Waals surface area contributed by atoms with Crippen LogP contribution in [0, 0.1) is 0 Å². The van der Waals surface area contributed by atoms with Crippen LogP contribution in [0.2, 0.25) is 0 Å². The topological polar surface area (TPSA) is 15.3 Å². The highest BCUT2D eigenvalue weighted by atomic mass is 15.6. The maximum absolute atomic E-state index is 3.50. The molecular weight excluding hydrogens is 160 g/mol. The molecule has 1 aliphatic heterocycles. The molecule has 0 aromatic carbocycles. The van der Waals surface area contributed by atoms with Crippen LogP contribution >= 0.6 is 0 Å². The van der Waals surface area contributed by atoms with Gasteiger partial charge in [-0.2, -0.15) is 0 Å². The molecule has 0 bridgehead atoms. The van der Waals surface area contributed by atoms with Crippen LogP contribution in [0.15, 0.2) is 0 Å². The summed E-state index contributed by atoms with van der Waals surface area (Å²) in [6.07, 6.45) is 3.94. The van der Waals surface area contributed by atoms with Gasteiger partial charge < -0.3 is 0 Å². The molecule has 13 heavy (non-hydrogen) atoms. The maximum Gasteiger partial charge on any atom is 0.0304 e. The van der Waals surface area contributed by atoms with Gasteiger partial charge >= 0.3 is 0 Å². The SMILES string of the molecule is CCNN1C(C)(C)CCCC1(C)C. The largest absolute Gasteiger partial charge is 0.254 e. The number of hydrogen-bond donors (Lipinski definition) is 1. The minimum atomic E-state index is 0.303. The van der Waals surface area contributed by atoms with Gasteiger partial charge in [-0.25, -0.2) is 5.01 Å². The smallest absolute Gasteiger partial charge is 0.0304 e. The fourth-order valence-electron chi connectivity index (χ4n) is 2.58. The first-order valence-electron chi connectivity index (χ1n) is 5.44. The fraction of sp³-hybridized carbons (Fsp3) is 1.00. The predicted molar refractivity (Wildman–Crippen MR) is 57.5 cm³/mol. The lowest BCUT2D eigenvalue weighted by molar-refractivity contribution is -0.0685. The summed E-state index contributed by atoms with van der Waals surface area (Å²) in [5.41, 5.74) is 4.10. The van der Waals surface area contributed by atoms with Gasteiger partial charge in [0, 0.05) is 17.6 Å². The predicted octanol–water partition coefficient (Wildman–Crippen LogP) is 2.55. The van der Waals surface area contributed by atoms with E-state index in [0.717, 1.165) is 6.54 Å². The molecule has 1 saturated heterocycles. The lowest BCUT2D eigenvalue weighted by atomic mass is 9.82. The molecule has 1 fully saturated rings. The second-order valence-electron chi connectivity index (χ2n) is 5.33. The minimum Gasteiger partial charge on any atom is -0.254 e. The Balaban J connectivity index is 2.78. The zero-order valence-electron chi connectivity index (χ0n) is 9.78. The number of hydrogen-bond acceptors (Lipinski definition) is 2. The zero-order chi connectivity index (χ0) is 10.1. The van der Waals surface area contributed by atoms with E-state index in [4.69, 9.17) is 0 Å². The van der Waals surface area contributed by atoms with E-state index in [-0.39, 0.29) is 0 Å². The van der Waals surface area contributed by atoms with Gasteiger partial charge in [-0.05, 0) is 47.0 Å². The van der Waals surface area contributed by atoms with E-state index in [2.05, 4.69) is 45.1 Å². The summed E-state index contributed by atoms with van der Waals surface area (Å²) < 4.78 is 0. The Morgan fingerprint density at radius 3 is 1.92 bits per heavy atom. The lowest BCUT2D eigenvalue weighted by Gasteiger charge is -2.52. The van der Waals surface area contributed by atoms with Crippen molar-refractivity contribution in [2.45, 2.75) is 65.0 Å². The Labute approximate surface area is 82.7 Å². The van der Waals surface area contributed by atoms with Crippen molar-refractivity contribution in [3.05, 3.63) is 0 Å². The van der Waals surface area contributed by atoms with E-state index >= 15 is 0 Å². The van der Waals surface area contributed by atoms with E-state index in [1.54, 1.807) is 0 Å². The zero-order valence-corrected chi connectivity index (χ0v) is 9.78. The maximum atomic E-state index is 3.50. The number of nitrogens with zero attached hydrogens (tertiary/aromatic N) is 1. The molecular formula is C11H24N2. The summed E-state index contributed by atoms with van der Waals surface area (Å²) in [4.78, 5) is 0. The van der Waals surface area contributed by atoms with Gasteiger partial charge in [0.1, 0.15) is 0 Å². The van der Waals surface area contributed by atoms with Gasteiger partial charge in [0.25, 0.3) is 0 Å². The van der Waals surface area contributed by atoms with E-state index in [9.17, 15) is 0 Å². The molecule has 0 amide bonds. The summed E-state index contributed by atoms with van der Waals surface area (Å²) in [6, 6.07) is 0.